The highest BCUT2D eigenvalue weighted by atomic mass is 35.5. The third-order valence-corrected chi connectivity index (χ3v) is 3.30. The molecule has 0 aromatic heterocycles. The van der Waals surface area contributed by atoms with Crippen LogP contribution in [0.3, 0.4) is 0 Å². The Morgan fingerprint density at radius 1 is 1.17 bits per heavy atom. The van der Waals surface area contributed by atoms with E-state index in [9.17, 15) is 14.7 Å². The fourth-order valence-electron chi connectivity index (χ4n) is 1.92. The van der Waals surface area contributed by atoms with E-state index in [2.05, 4.69) is 5.32 Å². The van der Waals surface area contributed by atoms with Crippen molar-refractivity contribution >= 4 is 29.4 Å². The van der Waals surface area contributed by atoms with E-state index in [4.69, 9.17) is 21.1 Å². The van der Waals surface area contributed by atoms with Crippen molar-refractivity contribution in [3.8, 4) is 5.75 Å². The first-order valence-corrected chi connectivity index (χ1v) is 6.98. The Hall–Kier alpha value is -2.73. The topological polar surface area (TPSA) is 84.9 Å². The second-order valence-electron chi connectivity index (χ2n) is 4.49. The molecular formula is C16H14ClNO5. The summed E-state index contributed by atoms with van der Waals surface area (Å²) >= 11 is 5.88. The Morgan fingerprint density at radius 2 is 1.87 bits per heavy atom. The molecule has 0 spiro atoms. The molecule has 0 aliphatic carbocycles. The van der Waals surface area contributed by atoms with Gasteiger partial charge in [0.25, 0.3) is 0 Å². The van der Waals surface area contributed by atoms with Gasteiger partial charge in [-0.3, -0.25) is 5.32 Å². The van der Waals surface area contributed by atoms with E-state index in [0.29, 0.717) is 0 Å². The lowest BCUT2D eigenvalue weighted by Crippen LogP contribution is -2.17. The molecule has 0 atom stereocenters. The van der Waals surface area contributed by atoms with E-state index in [-0.39, 0.29) is 28.6 Å². The summed E-state index contributed by atoms with van der Waals surface area (Å²) < 4.78 is 10.1. The van der Waals surface area contributed by atoms with E-state index in [1.54, 1.807) is 12.1 Å². The average molecular weight is 336 g/mol. The van der Waals surface area contributed by atoms with Gasteiger partial charge in [-0.15, -0.1) is 0 Å². The number of carboxylic acids is 1. The minimum absolute atomic E-state index is 0.0170. The van der Waals surface area contributed by atoms with E-state index in [1.807, 2.05) is 18.2 Å². The Labute approximate surface area is 137 Å². The number of carbonyl (C=O) groups excluding carboxylic acids is 1. The van der Waals surface area contributed by atoms with Crippen LogP contribution in [0.2, 0.25) is 5.02 Å². The first kappa shape index (κ1) is 16.6. The number of nitrogens with one attached hydrogen (secondary N) is 1. The fourth-order valence-corrected chi connectivity index (χ4v) is 2.16. The standard InChI is InChI=1S/C16H14ClNO5/c1-22-12-8-7-11(17)13(15(19)20)14(12)18-16(21)23-9-10-5-3-2-4-6-10/h2-8H,9H2,1H3,(H,18,21)(H,19,20). The van der Waals surface area contributed by atoms with Crippen LogP contribution in [0.15, 0.2) is 42.5 Å². The molecule has 2 aromatic carbocycles. The van der Waals surface area contributed by atoms with Crippen molar-refractivity contribution in [3.63, 3.8) is 0 Å². The van der Waals surface area contributed by atoms with Crippen LogP contribution in [-0.4, -0.2) is 24.3 Å². The van der Waals surface area contributed by atoms with Gasteiger partial charge in [-0.25, -0.2) is 9.59 Å². The van der Waals surface area contributed by atoms with Gasteiger partial charge in [0.15, 0.2) is 0 Å². The molecule has 7 heteroatoms. The number of halogens is 1. The molecule has 0 radical (unpaired) electrons. The number of carboxylic acid groups (broad SMARTS) is 1. The molecule has 0 fully saturated rings. The molecule has 120 valence electrons. The van der Waals surface area contributed by atoms with Crippen molar-refractivity contribution < 1.29 is 24.2 Å². The van der Waals surface area contributed by atoms with Crippen molar-refractivity contribution in [1.29, 1.82) is 0 Å². The van der Waals surface area contributed by atoms with Crippen molar-refractivity contribution in [2.75, 3.05) is 12.4 Å². The molecule has 0 aliphatic rings. The number of aromatic carboxylic acids is 1. The van der Waals surface area contributed by atoms with Gasteiger partial charge in [0.05, 0.1) is 12.1 Å². The van der Waals surface area contributed by atoms with Crippen LogP contribution in [-0.2, 0) is 11.3 Å². The number of methoxy groups -OCH3 is 1. The molecule has 23 heavy (non-hydrogen) atoms. The van der Waals surface area contributed by atoms with Gasteiger partial charge in [-0.2, -0.15) is 0 Å². The van der Waals surface area contributed by atoms with E-state index >= 15 is 0 Å². The molecule has 0 aliphatic heterocycles. The predicted molar refractivity (Wildman–Crippen MR) is 85.2 cm³/mol. The van der Waals surface area contributed by atoms with Crippen LogP contribution in [0.25, 0.3) is 0 Å². The van der Waals surface area contributed by atoms with Crippen molar-refractivity contribution in [1.82, 2.24) is 0 Å². The molecular weight excluding hydrogens is 322 g/mol. The van der Waals surface area contributed by atoms with Crippen molar-refractivity contribution in [2.45, 2.75) is 6.61 Å². The molecule has 0 saturated heterocycles. The number of anilines is 1. The summed E-state index contributed by atoms with van der Waals surface area (Å²) in [6, 6.07) is 11.9. The largest absolute Gasteiger partial charge is 0.495 e. The van der Waals surface area contributed by atoms with Crippen LogP contribution in [0, 0.1) is 0 Å². The number of rotatable bonds is 5. The maximum Gasteiger partial charge on any atom is 0.412 e. The molecule has 2 N–H and O–H groups in total. The van der Waals surface area contributed by atoms with Gasteiger partial charge in [-0.05, 0) is 17.7 Å². The van der Waals surface area contributed by atoms with Gasteiger partial charge in [0.1, 0.15) is 23.6 Å². The second kappa shape index (κ2) is 7.51. The van der Waals surface area contributed by atoms with Crippen LogP contribution in [0.4, 0.5) is 10.5 Å². The minimum atomic E-state index is -1.28. The Balaban J connectivity index is 2.16. The molecule has 2 aromatic rings. The maximum absolute atomic E-state index is 11.9. The maximum atomic E-state index is 11.9. The Kier molecular flexibility index (Phi) is 5.43. The lowest BCUT2D eigenvalue weighted by molar-refractivity contribution is 0.0698. The van der Waals surface area contributed by atoms with Crippen LogP contribution in [0.1, 0.15) is 15.9 Å². The fraction of sp³-hybridized carbons (Fsp3) is 0.125. The van der Waals surface area contributed by atoms with Gasteiger partial charge in [0.2, 0.25) is 0 Å². The smallest absolute Gasteiger partial charge is 0.412 e. The van der Waals surface area contributed by atoms with Crippen LogP contribution < -0.4 is 10.1 Å². The highest BCUT2D eigenvalue weighted by Gasteiger charge is 2.21. The molecule has 1 amide bonds. The summed E-state index contributed by atoms with van der Waals surface area (Å²) in [4.78, 5) is 23.3. The first-order chi connectivity index (χ1) is 11.0. The SMILES string of the molecule is COc1ccc(Cl)c(C(=O)O)c1NC(=O)OCc1ccccc1. The third-order valence-electron chi connectivity index (χ3n) is 2.99. The molecule has 2 rings (SSSR count). The number of carbonyl (C=O) groups is 2. The average Bonchev–Trinajstić information content (AvgIpc) is 2.54. The van der Waals surface area contributed by atoms with Gasteiger partial charge in [0, 0.05) is 0 Å². The summed E-state index contributed by atoms with van der Waals surface area (Å²) in [5.41, 5.74) is 0.493. The quantitative estimate of drug-likeness (QED) is 0.868. The zero-order valence-electron chi connectivity index (χ0n) is 12.2. The highest BCUT2D eigenvalue weighted by Crippen LogP contribution is 2.34. The predicted octanol–water partition coefficient (Wildman–Crippen LogP) is 3.80. The van der Waals surface area contributed by atoms with Crippen molar-refractivity contribution in [2.24, 2.45) is 0 Å². The lowest BCUT2D eigenvalue weighted by atomic mass is 10.1. The van der Waals surface area contributed by atoms with Gasteiger partial charge in [-0.1, -0.05) is 41.9 Å². The molecule has 0 bridgehead atoms. The van der Waals surface area contributed by atoms with E-state index in [0.717, 1.165) is 5.56 Å². The third kappa shape index (κ3) is 4.14. The summed E-state index contributed by atoms with van der Waals surface area (Å²) in [6.45, 7) is 0.0535. The number of amides is 1. The summed E-state index contributed by atoms with van der Waals surface area (Å²) in [7, 11) is 1.36. The Bertz CT molecular complexity index is 718. The van der Waals surface area contributed by atoms with E-state index < -0.39 is 12.1 Å². The van der Waals surface area contributed by atoms with Crippen LogP contribution >= 0.6 is 11.6 Å². The summed E-state index contributed by atoms with van der Waals surface area (Å²) in [5, 5.41) is 11.6. The Morgan fingerprint density at radius 3 is 2.48 bits per heavy atom. The van der Waals surface area contributed by atoms with Gasteiger partial charge < -0.3 is 14.6 Å². The summed E-state index contributed by atoms with van der Waals surface area (Å²) in [5.74, 6) is -1.12. The number of ether oxygens (including phenoxy) is 2. The monoisotopic (exact) mass is 335 g/mol. The number of hydrogen-bond donors (Lipinski definition) is 2. The first-order valence-electron chi connectivity index (χ1n) is 6.60. The molecule has 0 heterocycles. The normalized spacial score (nSPS) is 10.0. The molecule has 6 nitrogen and oxygen atoms in total. The van der Waals surface area contributed by atoms with Gasteiger partial charge >= 0.3 is 12.1 Å². The summed E-state index contributed by atoms with van der Waals surface area (Å²) in [6.07, 6.45) is -0.808. The zero-order valence-corrected chi connectivity index (χ0v) is 13.0. The highest BCUT2D eigenvalue weighted by molar-refractivity contribution is 6.34. The second-order valence-corrected chi connectivity index (χ2v) is 4.90. The number of benzene rings is 2. The minimum Gasteiger partial charge on any atom is -0.495 e. The van der Waals surface area contributed by atoms with E-state index in [1.165, 1.54) is 19.2 Å². The van der Waals surface area contributed by atoms with Crippen molar-refractivity contribution in [3.05, 3.63) is 58.6 Å². The van der Waals surface area contributed by atoms with Crippen LogP contribution in [0.5, 0.6) is 5.75 Å². The lowest BCUT2D eigenvalue weighted by Gasteiger charge is -2.14. The molecule has 0 saturated carbocycles. The number of hydrogen-bond acceptors (Lipinski definition) is 4. The molecule has 0 unspecified atom stereocenters. The zero-order chi connectivity index (χ0) is 16.8.